The summed E-state index contributed by atoms with van der Waals surface area (Å²) < 4.78 is 26.2. The van der Waals surface area contributed by atoms with Crippen molar-refractivity contribution in [3.05, 3.63) is 42.1 Å². The predicted molar refractivity (Wildman–Crippen MR) is 108 cm³/mol. The average Bonchev–Trinajstić information content (AvgIpc) is 2.69. The van der Waals surface area contributed by atoms with Crippen molar-refractivity contribution < 1.29 is 13.2 Å². The van der Waals surface area contributed by atoms with E-state index in [0.717, 1.165) is 25.9 Å². The van der Waals surface area contributed by atoms with Crippen LogP contribution in [-0.2, 0) is 10.0 Å². The topological polar surface area (TPSA) is 138 Å². The Morgan fingerprint density at radius 1 is 1.25 bits per heavy atom. The van der Waals surface area contributed by atoms with Crippen LogP contribution < -0.4 is 26.4 Å². The molecule has 1 aliphatic rings. The SMILES string of the molecule is CNS(=O)(=O)c1cccc(Nc2cc(NC3CCNCC3)c(C(N)=O)cn2)c1. The highest BCUT2D eigenvalue weighted by Gasteiger charge is 2.17. The number of amides is 1. The van der Waals surface area contributed by atoms with E-state index < -0.39 is 15.9 Å². The fraction of sp³-hybridized carbons (Fsp3) is 0.333. The molecule has 0 radical (unpaired) electrons. The number of primary amides is 1. The molecule has 10 heteroatoms. The van der Waals surface area contributed by atoms with Gasteiger partial charge in [-0.15, -0.1) is 0 Å². The van der Waals surface area contributed by atoms with E-state index in [-0.39, 0.29) is 10.9 Å². The first-order valence-corrected chi connectivity index (χ1v) is 10.4. The number of carbonyl (C=O) groups is 1. The first kappa shape index (κ1) is 20.1. The first-order valence-electron chi connectivity index (χ1n) is 8.97. The van der Waals surface area contributed by atoms with Gasteiger partial charge in [-0.3, -0.25) is 4.79 Å². The molecule has 0 atom stereocenters. The normalized spacial score (nSPS) is 15.2. The third-order valence-electron chi connectivity index (χ3n) is 4.55. The van der Waals surface area contributed by atoms with Gasteiger partial charge in [-0.2, -0.15) is 0 Å². The summed E-state index contributed by atoms with van der Waals surface area (Å²) in [5.74, 6) is -0.0852. The van der Waals surface area contributed by atoms with Crippen molar-refractivity contribution in [3.8, 4) is 0 Å². The summed E-state index contributed by atoms with van der Waals surface area (Å²) in [6.07, 6.45) is 3.29. The lowest BCUT2D eigenvalue weighted by Gasteiger charge is -2.25. The van der Waals surface area contributed by atoms with E-state index in [9.17, 15) is 13.2 Å². The Bertz CT molecular complexity index is 958. The minimum Gasteiger partial charge on any atom is -0.381 e. The number of sulfonamides is 1. The van der Waals surface area contributed by atoms with Gasteiger partial charge in [0.1, 0.15) is 5.82 Å². The van der Waals surface area contributed by atoms with Crippen molar-refractivity contribution in [2.45, 2.75) is 23.8 Å². The van der Waals surface area contributed by atoms with Gasteiger partial charge in [0.05, 0.1) is 16.1 Å². The molecule has 0 saturated carbocycles. The van der Waals surface area contributed by atoms with E-state index in [4.69, 9.17) is 5.73 Å². The maximum atomic E-state index is 12.0. The van der Waals surface area contributed by atoms with Crippen molar-refractivity contribution in [2.75, 3.05) is 30.8 Å². The number of piperidine rings is 1. The zero-order chi connectivity index (χ0) is 20.1. The van der Waals surface area contributed by atoms with Crippen LogP contribution in [0.25, 0.3) is 0 Å². The third-order valence-corrected chi connectivity index (χ3v) is 5.97. The van der Waals surface area contributed by atoms with Gasteiger partial charge in [-0.05, 0) is 51.2 Å². The number of hydrogen-bond acceptors (Lipinski definition) is 7. The molecule has 6 N–H and O–H groups in total. The molecule has 1 aromatic heterocycles. The van der Waals surface area contributed by atoms with Crippen LogP contribution in [0, 0.1) is 0 Å². The van der Waals surface area contributed by atoms with E-state index in [1.807, 2.05) is 0 Å². The fourth-order valence-corrected chi connectivity index (χ4v) is 3.81. The number of aromatic nitrogens is 1. The van der Waals surface area contributed by atoms with E-state index in [0.29, 0.717) is 22.8 Å². The Balaban J connectivity index is 1.85. The average molecular weight is 404 g/mol. The molecule has 1 aliphatic heterocycles. The fourth-order valence-electron chi connectivity index (χ4n) is 3.03. The molecule has 0 aliphatic carbocycles. The molecule has 2 heterocycles. The van der Waals surface area contributed by atoms with E-state index in [2.05, 4.69) is 25.7 Å². The second-order valence-electron chi connectivity index (χ2n) is 6.51. The van der Waals surface area contributed by atoms with Gasteiger partial charge < -0.3 is 21.7 Å². The molecule has 150 valence electrons. The Labute approximate surface area is 164 Å². The summed E-state index contributed by atoms with van der Waals surface area (Å²) in [6, 6.07) is 8.33. The van der Waals surface area contributed by atoms with Crippen molar-refractivity contribution in [2.24, 2.45) is 5.73 Å². The lowest BCUT2D eigenvalue weighted by atomic mass is 10.1. The molecule has 1 aromatic carbocycles. The van der Waals surface area contributed by atoms with Crippen molar-refractivity contribution >= 4 is 33.1 Å². The van der Waals surface area contributed by atoms with Crippen LogP contribution >= 0.6 is 0 Å². The second-order valence-corrected chi connectivity index (χ2v) is 8.39. The van der Waals surface area contributed by atoms with Gasteiger partial charge in [0.25, 0.3) is 5.91 Å². The standard InChI is InChI=1S/C18H24N6O3S/c1-20-28(26,27)14-4-2-3-13(9-14)24-17-10-16(15(11-22-17)18(19)25)23-12-5-7-21-8-6-12/h2-4,9-12,20-21H,5-8H2,1H3,(H2,19,25)(H2,22,23,24). The zero-order valence-corrected chi connectivity index (χ0v) is 16.3. The van der Waals surface area contributed by atoms with Gasteiger partial charge in [-0.1, -0.05) is 6.07 Å². The Morgan fingerprint density at radius 2 is 2.00 bits per heavy atom. The molecule has 0 unspecified atom stereocenters. The predicted octanol–water partition coefficient (Wildman–Crippen LogP) is 0.996. The van der Waals surface area contributed by atoms with Crippen LogP contribution in [0.2, 0.25) is 0 Å². The molecule has 2 aromatic rings. The highest BCUT2D eigenvalue weighted by atomic mass is 32.2. The van der Waals surface area contributed by atoms with Crippen LogP contribution in [0.3, 0.4) is 0 Å². The number of pyridine rings is 1. The Kier molecular flexibility index (Phi) is 6.12. The highest BCUT2D eigenvalue weighted by Crippen LogP contribution is 2.24. The van der Waals surface area contributed by atoms with Crippen molar-refractivity contribution in [1.29, 1.82) is 0 Å². The minimum atomic E-state index is -3.55. The number of nitrogens with zero attached hydrogens (tertiary/aromatic N) is 1. The molecular formula is C18H24N6O3S. The highest BCUT2D eigenvalue weighted by molar-refractivity contribution is 7.89. The largest absolute Gasteiger partial charge is 0.381 e. The zero-order valence-electron chi connectivity index (χ0n) is 15.5. The number of benzene rings is 1. The van der Waals surface area contributed by atoms with Gasteiger partial charge >= 0.3 is 0 Å². The molecule has 1 saturated heterocycles. The van der Waals surface area contributed by atoms with E-state index in [1.165, 1.54) is 25.4 Å². The summed E-state index contributed by atoms with van der Waals surface area (Å²) in [5.41, 5.74) is 6.96. The number of hydrogen-bond donors (Lipinski definition) is 5. The molecule has 1 fully saturated rings. The molecule has 28 heavy (non-hydrogen) atoms. The first-order chi connectivity index (χ1) is 13.4. The molecule has 9 nitrogen and oxygen atoms in total. The van der Waals surface area contributed by atoms with Crippen LogP contribution in [0.1, 0.15) is 23.2 Å². The molecule has 3 rings (SSSR count). The summed E-state index contributed by atoms with van der Waals surface area (Å²) >= 11 is 0. The maximum absolute atomic E-state index is 12.0. The van der Waals surface area contributed by atoms with Gasteiger partial charge in [0, 0.05) is 24.0 Å². The number of nitrogens with one attached hydrogen (secondary N) is 4. The van der Waals surface area contributed by atoms with Crippen LogP contribution in [0.4, 0.5) is 17.2 Å². The summed E-state index contributed by atoms with van der Waals surface area (Å²) in [5, 5.41) is 9.75. The minimum absolute atomic E-state index is 0.141. The van der Waals surface area contributed by atoms with E-state index >= 15 is 0 Å². The maximum Gasteiger partial charge on any atom is 0.252 e. The lowest BCUT2D eigenvalue weighted by molar-refractivity contribution is 0.100. The lowest BCUT2D eigenvalue weighted by Crippen LogP contribution is -2.35. The van der Waals surface area contributed by atoms with Crippen LogP contribution in [0.5, 0.6) is 0 Å². The molecular weight excluding hydrogens is 380 g/mol. The Morgan fingerprint density at radius 3 is 2.68 bits per heavy atom. The van der Waals surface area contributed by atoms with Crippen molar-refractivity contribution in [3.63, 3.8) is 0 Å². The van der Waals surface area contributed by atoms with Gasteiger partial charge in [0.15, 0.2) is 0 Å². The second kappa shape index (κ2) is 8.55. The number of rotatable bonds is 7. The smallest absolute Gasteiger partial charge is 0.252 e. The van der Waals surface area contributed by atoms with Gasteiger partial charge in [-0.25, -0.2) is 18.1 Å². The summed E-state index contributed by atoms with van der Waals surface area (Å²) in [4.78, 5) is 16.1. The summed E-state index contributed by atoms with van der Waals surface area (Å²) in [6.45, 7) is 1.82. The number of nitrogens with two attached hydrogens (primary N) is 1. The number of carbonyl (C=O) groups excluding carboxylic acids is 1. The van der Waals surface area contributed by atoms with Gasteiger partial charge in [0.2, 0.25) is 10.0 Å². The van der Waals surface area contributed by atoms with Crippen LogP contribution in [0.15, 0.2) is 41.4 Å². The quantitative estimate of drug-likeness (QED) is 0.464. The van der Waals surface area contributed by atoms with E-state index in [1.54, 1.807) is 18.2 Å². The molecule has 0 spiro atoms. The van der Waals surface area contributed by atoms with Crippen LogP contribution in [-0.4, -0.2) is 45.5 Å². The Hall–Kier alpha value is -2.69. The molecule has 1 amide bonds. The number of anilines is 3. The molecule has 0 bridgehead atoms. The third kappa shape index (κ3) is 4.77. The summed E-state index contributed by atoms with van der Waals surface area (Å²) in [7, 11) is -2.19. The monoisotopic (exact) mass is 404 g/mol. The van der Waals surface area contributed by atoms with Crippen molar-refractivity contribution in [1.82, 2.24) is 15.0 Å².